The van der Waals surface area contributed by atoms with Gasteiger partial charge in [-0.1, -0.05) is 43.0 Å². The zero-order valence-corrected chi connectivity index (χ0v) is 13.0. The van der Waals surface area contributed by atoms with E-state index in [0.717, 1.165) is 40.5 Å². The number of anilines is 1. The molecule has 1 aliphatic carbocycles. The van der Waals surface area contributed by atoms with E-state index in [2.05, 4.69) is 0 Å². The van der Waals surface area contributed by atoms with Gasteiger partial charge in [-0.05, 0) is 31.4 Å². The standard InChI is InChI=1S/C16H21ClN4/c1-10-7-8-12(9-13(10)17)14-15(18)21(19)16(20-14)11-5-3-2-4-6-11/h7-9,11H,2-6,18-19H2,1H3. The summed E-state index contributed by atoms with van der Waals surface area (Å²) in [7, 11) is 0. The molecule has 0 aliphatic heterocycles. The third-order valence-electron chi connectivity index (χ3n) is 4.39. The van der Waals surface area contributed by atoms with Crippen LogP contribution in [0.3, 0.4) is 0 Å². The number of nitrogens with two attached hydrogens (primary N) is 2. The molecule has 1 saturated carbocycles. The zero-order valence-electron chi connectivity index (χ0n) is 12.3. The molecule has 21 heavy (non-hydrogen) atoms. The molecule has 0 atom stereocenters. The number of hydrogen-bond donors (Lipinski definition) is 2. The molecule has 5 heteroatoms. The SMILES string of the molecule is Cc1ccc(-c2nc(C3CCCCC3)n(N)c2N)cc1Cl. The largest absolute Gasteiger partial charge is 0.382 e. The molecular weight excluding hydrogens is 284 g/mol. The summed E-state index contributed by atoms with van der Waals surface area (Å²) in [6, 6.07) is 5.87. The van der Waals surface area contributed by atoms with Gasteiger partial charge in [-0.25, -0.2) is 9.66 Å². The predicted molar refractivity (Wildman–Crippen MR) is 87.8 cm³/mol. The van der Waals surface area contributed by atoms with Crippen LogP contribution in [-0.4, -0.2) is 9.66 Å². The molecule has 0 spiro atoms. The van der Waals surface area contributed by atoms with Gasteiger partial charge >= 0.3 is 0 Å². The number of benzene rings is 1. The van der Waals surface area contributed by atoms with E-state index < -0.39 is 0 Å². The van der Waals surface area contributed by atoms with E-state index in [-0.39, 0.29) is 0 Å². The van der Waals surface area contributed by atoms with Crippen LogP contribution in [0.5, 0.6) is 0 Å². The van der Waals surface area contributed by atoms with Gasteiger partial charge in [0.1, 0.15) is 11.5 Å². The molecule has 112 valence electrons. The second-order valence-electron chi connectivity index (χ2n) is 5.87. The van der Waals surface area contributed by atoms with Crippen molar-refractivity contribution in [1.82, 2.24) is 9.66 Å². The Labute approximate surface area is 130 Å². The summed E-state index contributed by atoms with van der Waals surface area (Å²) in [5.41, 5.74) is 8.86. The van der Waals surface area contributed by atoms with Crippen molar-refractivity contribution in [2.45, 2.75) is 44.9 Å². The molecule has 2 aromatic rings. The highest BCUT2D eigenvalue weighted by Crippen LogP contribution is 2.36. The smallest absolute Gasteiger partial charge is 0.150 e. The van der Waals surface area contributed by atoms with Crippen molar-refractivity contribution in [1.29, 1.82) is 0 Å². The first-order chi connectivity index (χ1) is 10.1. The highest BCUT2D eigenvalue weighted by Gasteiger charge is 2.24. The third kappa shape index (κ3) is 2.60. The van der Waals surface area contributed by atoms with E-state index in [1.807, 2.05) is 25.1 Å². The maximum Gasteiger partial charge on any atom is 0.150 e. The molecule has 1 heterocycles. The lowest BCUT2D eigenvalue weighted by atomic mass is 9.89. The van der Waals surface area contributed by atoms with E-state index in [1.165, 1.54) is 19.3 Å². The minimum atomic E-state index is 0.417. The molecule has 0 saturated heterocycles. The van der Waals surface area contributed by atoms with Gasteiger partial charge in [0.15, 0.2) is 5.82 Å². The first-order valence-electron chi connectivity index (χ1n) is 7.47. The fourth-order valence-electron chi connectivity index (χ4n) is 3.06. The van der Waals surface area contributed by atoms with Crippen LogP contribution in [0.15, 0.2) is 18.2 Å². The molecule has 1 aromatic carbocycles. The van der Waals surface area contributed by atoms with Gasteiger partial charge in [-0.3, -0.25) is 0 Å². The number of nitrogen functional groups attached to an aromatic ring is 2. The second-order valence-corrected chi connectivity index (χ2v) is 6.28. The fraction of sp³-hybridized carbons (Fsp3) is 0.438. The quantitative estimate of drug-likeness (QED) is 0.828. The first-order valence-corrected chi connectivity index (χ1v) is 7.85. The third-order valence-corrected chi connectivity index (χ3v) is 4.80. The van der Waals surface area contributed by atoms with Crippen LogP contribution in [-0.2, 0) is 0 Å². The van der Waals surface area contributed by atoms with Crippen LogP contribution in [0.4, 0.5) is 5.82 Å². The molecule has 1 fully saturated rings. The summed E-state index contributed by atoms with van der Waals surface area (Å²) in [6.07, 6.45) is 6.06. The van der Waals surface area contributed by atoms with Crippen LogP contribution in [0.1, 0.15) is 49.4 Å². The van der Waals surface area contributed by atoms with Gasteiger partial charge in [-0.15, -0.1) is 0 Å². The van der Waals surface area contributed by atoms with Crippen molar-refractivity contribution in [2.75, 3.05) is 11.6 Å². The van der Waals surface area contributed by atoms with Crippen LogP contribution >= 0.6 is 11.6 Å². The van der Waals surface area contributed by atoms with E-state index in [9.17, 15) is 0 Å². The summed E-state index contributed by atoms with van der Waals surface area (Å²) < 4.78 is 1.55. The normalized spacial score (nSPS) is 16.3. The highest BCUT2D eigenvalue weighted by molar-refractivity contribution is 6.31. The van der Waals surface area contributed by atoms with E-state index in [1.54, 1.807) is 4.68 Å². The van der Waals surface area contributed by atoms with Crippen molar-refractivity contribution < 1.29 is 0 Å². The lowest BCUT2D eigenvalue weighted by Gasteiger charge is -2.20. The molecule has 0 amide bonds. The number of rotatable bonds is 2. The molecule has 0 bridgehead atoms. The molecule has 3 rings (SSSR count). The summed E-state index contributed by atoms with van der Waals surface area (Å²) in [4.78, 5) is 4.73. The van der Waals surface area contributed by atoms with Crippen molar-refractivity contribution in [3.63, 3.8) is 0 Å². The minimum absolute atomic E-state index is 0.417. The van der Waals surface area contributed by atoms with E-state index in [4.69, 9.17) is 28.2 Å². The van der Waals surface area contributed by atoms with Crippen molar-refractivity contribution >= 4 is 17.4 Å². The van der Waals surface area contributed by atoms with Crippen molar-refractivity contribution in [3.8, 4) is 11.3 Å². The zero-order chi connectivity index (χ0) is 15.0. The predicted octanol–water partition coefficient (Wildman–Crippen LogP) is 3.86. The van der Waals surface area contributed by atoms with Gasteiger partial charge < -0.3 is 11.6 Å². The summed E-state index contributed by atoms with van der Waals surface area (Å²) in [6.45, 7) is 1.98. The number of nitrogens with zero attached hydrogens (tertiary/aromatic N) is 2. The van der Waals surface area contributed by atoms with Gasteiger partial charge in [0.2, 0.25) is 0 Å². The lowest BCUT2D eigenvalue weighted by Crippen LogP contribution is -2.19. The van der Waals surface area contributed by atoms with Gasteiger partial charge in [-0.2, -0.15) is 0 Å². The average Bonchev–Trinajstić information content (AvgIpc) is 2.79. The number of hydrogen-bond acceptors (Lipinski definition) is 3. The number of halogens is 1. The Morgan fingerprint density at radius 1 is 1.24 bits per heavy atom. The van der Waals surface area contributed by atoms with Crippen LogP contribution < -0.4 is 11.6 Å². The van der Waals surface area contributed by atoms with Crippen molar-refractivity contribution in [2.24, 2.45) is 0 Å². The molecule has 1 aromatic heterocycles. The van der Waals surface area contributed by atoms with Crippen molar-refractivity contribution in [3.05, 3.63) is 34.6 Å². The minimum Gasteiger partial charge on any atom is -0.382 e. The van der Waals surface area contributed by atoms with Gasteiger partial charge in [0.05, 0.1) is 0 Å². The molecule has 0 radical (unpaired) electrons. The molecule has 4 N–H and O–H groups in total. The Bertz CT molecular complexity index is 657. The Hall–Kier alpha value is -1.68. The second kappa shape index (κ2) is 5.60. The lowest BCUT2D eigenvalue weighted by molar-refractivity contribution is 0.424. The Morgan fingerprint density at radius 3 is 2.62 bits per heavy atom. The topological polar surface area (TPSA) is 69.9 Å². The number of imidazole rings is 1. The fourth-order valence-corrected chi connectivity index (χ4v) is 3.25. The van der Waals surface area contributed by atoms with Gasteiger partial charge in [0, 0.05) is 16.5 Å². The molecule has 1 aliphatic rings. The maximum atomic E-state index is 6.20. The first kappa shape index (κ1) is 14.3. The summed E-state index contributed by atoms with van der Waals surface area (Å²) in [5, 5.41) is 0.720. The molecular formula is C16H21ClN4. The van der Waals surface area contributed by atoms with Crippen LogP contribution in [0.2, 0.25) is 5.02 Å². The van der Waals surface area contributed by atoms with E-state index in [0.29, 0.717) is 11.7 Å². The Balaban J connectivity index is 2.01. The monoisotopic (exact) mass is 304 g/mol. The average molecular weight is 305 g/mol. The highest BCUT2D eigenvalue weighted by atomic mass is 35.5. The van der Waals surface area contributed by atoms with Crippen LogP contribution in [0, 0.1) is 6.92 Å². The maximum absolute atomic E-state index is 6.20. The Kier molecular flexibility index (Phi) is 3.81. The molecule has 4 nitrogen and oxygen atoms in total. The Morgan fingerprint density at radius 2 is 1.95 bits per heavy atom. The number of aromatic nitrogens is 2. The molecule has 0 unspecified atom stereocenters. The summed E-state index contributed by atoms with van der Waals surface area (Å²) in [5.74, 6) is 7.96. The van der Waals surface area contributed by atoms with Crippen LogP contribution in [0.25, 0.3) is 11.3 Å². The number of aryl methyl sites for hydroxylation is 1. The summed E-state index contributed by atoms with van der Waals surface area (Å²) >= 11 is 6.20. The van der Waals surface area contributed by atoms with E-state index >= 15 is 0 Å². The van der Waals surface area contributed by atoms with Gasteiger partial charge in [0.25, 0.3) is 0 Å².